The standard InChI is InChI=1S/C18H13ClO4S/c1-12-2-7-17-16(10-12)18(20)13(11-23-17)8-9-24(21,22)15-5-3-14(19)4-6-15/h2-11H,1H3/b9-8+. The summed E-state index contributed by atoms with van der Waals surface area (Å²) >= 11 is 5.76. The number of benzene rings is 2. The van der Waals surface area contributed by atoms with Crippen LogP contribution in [0.15, 0.2) is 68.2 Å². The van der Waals surface area contributed by atoms with Gasteiger partial charge in [0.1, 0.15) is 11.8 Å². The van der Waals surface area contributed by atoms with Gasteiger partial charge in [-0.1, -0.05) is 23.2 Å². The average Bonchev–Trinajstić information content (AvgIpc) is 2.55. The van der Waals surface area contributed by atoms with Crippen molar-refractivity contribution in [3.05, 3.63) is 80.5 Å². The molecule has 0 amide bonds. The summed E-state index contributed by atoms with van der Waals surface area (Å²) in [6, 6.07) is 11.1. The van der Waals surface area contributed by atoms with Crippen molar-refractivity contribution in [1.82, 2.24) is 0 Å². The van der Waals surface area contributed by atoms with Crippen molar-refractivity contribution >= 4 is 38.5 Å². The normalized spacial score (nSPS) is 12.1. The molecule has 24 heavy (non-hydrogen) atoms. The Morgan fingerprint density at radius 1 is 1.08 bits per heavy atom. The number of fused-ring (bicyclic) bond motifs is 1. The molecule has 0 aliphatic rings. The van der Waals surface area contributed by atoms with Crippen LogP contribution >= 0.6 is 11.6 Å². The topological polar surface area (TPSA) is 64.3 Å². The minimum absolute atomic E-state index is 0.101. The van der Waals surface area contributed by atoms with Gasteiger partial charge in [0.15, 0.2) is 15.3 Å². The maximum Gasteiger partial charge on any atom is 0.199 e. The van der Waals surface area contributed by atoms with Gasteiger partial charge in [0.2, 0.25) is 0 Å². The average molecular weight is 361 g/mol. The zero-order valence-corrected chi connectivity index (χ0v) is 14.3. The third-order valence-electron chi connectivity index (χ3n) is 3.52. The largest absolute Gasteiger partial charge is 0.463 e. The number of hydrogen-bond acceptors (Lipinski definition) is 4. The smallest absolute Gasteiger partial charge is 0.199 e. The van der Waals surface area contributed by atoms with Gasteiger partial charge >= 0.3 is 0 Å². The fourth-order valence-corrected chi connectivity index (χ4v) is 3.37. The summed E-state index contributed by atoms with van der Waals surface area (Å²) in [5, 5.41) is 1.86. The first-order valence-electron chi connectivity index (χ1n) is 7.08. The lowest BCUT2D eigenvalue weighted by molar-refractivity contribution is 0.601. The molecule has 1 aromatic heterocycles. The molecule has 3 aromatic rings. The van der Waals surface area contributed by atoms with E-state index in [1.807, 2.05) is 13.0 Å². The number of hydrogen-bond donors (Lipinski definition) is 0. The molecule has 0 aliphatic heterocycles. The van der Waals surface area contributed by atoms with Gasteiger partial charge in [-0.25, -0.2) is 8.42 Å². The SMILES string of the molecule is Cc1ccc2occ(/C=C/S(=O)(=O)c3ccc(Cl)cc3)c(=O)c2c1. The Morgan fingerprint density at radius 2 is 1.79 bits per heavy atom. The van der Waals surface area contributed by atoms with Crippen molar-refractivity contribution in [2.75, 3.05) is 0 Å². The molecule has 0 atom stereocenters. The Kier molecular flexibility index (Phi) is 4.30. The van der Waals surface area contributed by atoms with Crippen molar-refractivity contribution in [2.45, 2.75) is 11.8 Å². The number of halogens is 1. The van der Waals surface area contributed by atoms with Crippen LogP contribution in [0.25, 0.3) is 17.0 Å². The molecule has 2 aromatic carbocycles. The van der Waals surface area contributed by atoms with Crippen LogP contribution in [0.3, 0.4) is 0 Å². The molecule has 0 N–H and O–H groups in total. The summed E-state index contributed by atoms with van der Waals surface area (Å²) in [5.41, 5.74) is 1.28. The van der Waals surface area contributed by atoms with Gasteiger partial charge < -0.3 is 4.42 Å². The fraction of sp³-hybridized carbons (Fsp3) is 0.0556. The fourth-order valence-electron chi connectivity index (χ4n) is 2.24. The lowest BCUT2D eigenvalue weighted by Gasteiger charge is -2.01. The van der Waals surface area contributed by atoms with E-state index >= 15 is 0 Å². The second kappa shape index (κ2) is 6.26. The number of aryl methyl sites for hydroxylation is 1. The van der Waals surface area contributed by atoms with E-state index in [1.54, 1.807) is 12.1 Å². The minimum Gasteiger partial charge on any atom is -0.463 e. The monoisotopic (exact) mass is 360 g/mol. The van der Waals surface area contributed by atoms with E-state index in [0.717, 1.165) is 11.0 Å². The summed E-state index contributed by atoms with van der Waals surface area (Å²) in [5.74, 6) is 0. The summed E-state index contributed by atoms with van der Waals surface area (Å²) in [6.07, 6.45) is 2.51. The Hall–Kier alpha value is -2.37. The third-order valence-corrected chi connectivity index (χ3v) is 5.20. The first-order valence-corrected chi connectivity index (χ1v) is 9.00. The summed E-state index contributed by atoms with van der Waals surface area (Å²) in [7, 11) is -3.67. The zero-order chi connectivity index (χ0) is 17.3. The van der Waals surface area contributed by atoms with E-state index < -0.39 is 9.84 Å². The van der Waals surface area contributed by atoms with Gasteiger partial charge in [-0.3, -0.25) is 4.79 Å². The molecule has 4 nitrogen and oxygen atoms in total. The molecule has 0 radical (unpaired) electrons. The van der Waals surface area contributed by atoms with Crippen LogP contribution in [0.2, 0.25) is 5.02 Å². The quantitative estimate of drug-likeness (QED) is 0.702. The minimum atomic E-state index is -3.67. The van der Waals surface area contributed by atoms with Gasteiger partial charge in [-0.05, 0) is 49.4 Å². The molecular formula is C18H13ClO4S. The Morgan fingerprint density at radius 3 is 2.50 bits per heavy atom. The second-order valence-corrected chi connectivity index (χ2v) is 7.59. The molecule has 0 fully saturated rings. The highest BCUT2D eigenvalue weighted by Crippen LogP contribution is 2.18. The summed E-state index contributed by atoms with van der Waals surface area (Å²) in [4.78, 5) is 12.6. The molecule has 3 rings (SSSR count). The van der Waals surface area contributed by atoms with Gasteiger partial charge in [-0.2, -0.15) is 0 Å². The first kappa shape index (κ1) is 16.5. The molecule has 0 saturated carbocycles. The highest BCUT2D eigenvalue weighted by molar-refractivity contribution is 7.94. The highest BCUT2D eigenvalue weighted by atomic mass is 35.5. The highest BCUT2D eigenvalue weighted by Gasteiger charge is 2.11. The lowest BCUT2D eigenvalue weighted by Crippen LogP contribution is -2.05. The van der Waals surface area contributed by atoms with Crippen LogP contribution < -0.4 is 5.43 Å². The molecule has 0 unspecified atom stereocenters. The predicted octanol–water partition coefficient (Wildman–Crippen LogP) is 4.20. The Bertz CT molecular complexity index is 1090. The Labute approximate surface area is 143 Å². The van der Waals surface area contributed by atoms with Gasteiger partial charge in [0.25, 0.3) is 0 Å². The molecular weight excluding hydrogens is 348 g/mol. The van der Waals surface area contributed by atoms with Crippen molar-refractivity contribution in [1.29, 1.82) is 0 Å². The van der Waals surface area contributed by atoms with E-state index in [0.29, 0.717) is 16.0 Å². The summed E-state index contributed by atoms with van der Waals surface area (Å²) in [6.45, 7) is 1.87. The molecule has 0 bridgehead atoms. The van der Waals surface area contributed by atoms with Crippen molar-refractivity contribution in [3.63, 3.8) is 0 Å². The number of rotatable bonds is 3. The molecule has 0 aliphatic carbocycles. The molecule has 122 valence electrons. The van der Waals surface area contributed by atoms with E-state index in [1.165, 1.54) is 36.6 Å². The van der Waals surface area contributed by atoms with Crippen LogP contribution in [-0.2, 0) is 9.84 Å². The van der Waals surface area contributed by atoms with Crippen LogP contribution in [0, 0.1) is 6.92 Å². The van der Waals surface area contributed by atoms with Gasteiger partial charge in [0, 0.05) is 10.4 Å². The molecule has 1 heterocycles. The van der Waals surface area contributed by atoms with Crippen LogP contribution in [0.4, 0.5) is 0 Å². The lowest BCUT2D eigenvalue weighted by atomic mass is 10.1. The van der Waals surface area contributed by atoms with Crippen LogP contribution in [0.5, 0.6) is 0 Å². The van der Waals surface area contributed by atoms with Crippen molar-refractivity contribution < 1.29 is 12.8 Å². The van der Waals surface area contributed by atoms with Gasteiger partial charge in [-0.15, -0.1) is 0 Å². The van der Waals surface area contributed by atoms with E-state index in [2.05, 4.69) is 0 Å². The summed E-state index contributed by atoms with van der Waals surface area (Å²) < 4.78 is 30.0. The Balaban J connectivity index is 2.03. The molecule has 0 spiro atoms. The van der Waals surface area contributed by atoms with Crippen molar-refractivity contribution in [3.8, 4) is 0 Å². The molecule has 6 heteroatoms. The maximum atomic E-state index is 12.5. The van der Waals surface area contributed by atoms with E-state index in [4.69, 9.17) is 16.0 Å². The second-order valence-electron chi connectivity index (χ2n) is 5.32. The van der Waals surface area contributed by atoms with E-state index in [9.17, 15) is 13.2 Å². The van der Waals surface area contributed by atoms with Crippen LogP contribution in [-0.4, -0.2) is 8.42 Å². The first-order chi connectivity index (χ1) is 11.4. The van der Waals surface area contributed by atoms with Gasteiger partial charge in [0.05, 0.1) is 15.8 Å². The van der Waals surface area contributed by atoms with Crippen molar-refractivity contribution in [2.24, 2.45) is 0 Å². The zero-order valence-electron chi connectivity index (χ0n) is 12.7. The predicted molar refractivity (Wildman–Crippen MR) is 94.9 cm³/mol. The van der Waals surface area contributed by atoms with E-state index in [-0.39, 0.29) is 15.9 Å². The third kappa shape index (κ3) is 3.27. The maximum absolute atomic E-state index is 12.5. The van der Waals surface area contributed by atoms with Crippen LogP contribution in [0.1, 0.15) is 11.1 Å². The number of sulfone groups is 1. The molecule has 0 saturated heterocycles.